The molecule has 0 rings (SSSR count). The zero-order valence-electron chi connectivity index (χ0n) is 8.79. The number of amides is 1. The molecule has 1 amide bonds. The number of hydrogen-bond acceptors (Lipinski definition) is 3. The fourth-order valence-corrected chi connectivity index (χ4v) is 1.34. The molecule has 0 bridgehead atoms. The molecule has 0 unspecified atom stereocenters. The highest BCUT2D eigenvalue weighted by atomic mass is 16.6. The minimum absolute atomic E-state index is 0.0524. The van der Waals surface area contributed by atoms with E-state index in [1.165, 1.54) is 7.11 Å². The Labute approximate surface area is 83.4 Å². The largest absolute Gasteiger partial charge is 0.481 e. The van der Waals surface area contributed by atoms with Crippen LogP contribution in [-0.4, -0.2) is 24.1 Å². The molecule has 0 atom stereocenters. The van der Waals surface area contributed by atoms with Gasteiger partial charge in [-0.25, -0.2) is 5.48 Å². The molecule has 0 saturated heterocycles. The highest BCUT2D eigenvalue weighted by molar-refractivity contribution is 5.84. The fourth-order valence-electron chi connectivity index (χ4n) is 1.34. The Hall–Kier alpha value is -1.10. The second kappa shape index (κ2) is 5.59. The van der Waals surface area contributed by atoms with E-state index in [1.54, 1.807) is 13.8 Å². The fraction of sp³-hybridized carbons (Fsp3) is 0.778. The predicted octanol–water partition coefficient (Wildman–Crippen LogP) is 0.945. The van der Waals surface area contributed by atoms with Crippen molar-refractivity contribution in [2.45, 2.75) is 33.1 Å². The van der Waals surface area contributed by atoms with E-state index < -0.39 is 17.3 Å². The minimum Gasteiger partial charge on any atom is -0.481 e. The van der Waals surface area contributed by atoms with Crippen molar-refractivity contribution in [2.75, 3.05) is 7.11 Å². The first-order valence-electron chi connectivity index (χ1n) is 4.57. The maximum atomic E-state index is 11.2. The van der Waals surface area contributed by atoms with Gasteiger partial charge in [0, 0.05) is 6.42 Å². The number of nitrogens with one attached hydrogen (secondary N) is 1. The van der Waals surface area contributed by atoms with Crippen molar-refractivity contribution in [2.24, 2.45) is 5.41 Å². The van der Waals surface area contributed by atoms with Gasteiger partial charge in [-0.1, -0.05) is 13.8 Å². The summed E-state index contributed by atoms with van der Waals surface area (Å²) in [5.74, 6) is -1.34. The van der Waals surface area contributed by atoms with Crippen LogP contribution in [0.1, 0.15) is 33.1 Å². The molecule has 0 aliphatic rings. The van der Waals surface area contributed by atoms with Crippen LogP contribution in [0, 0.1) is 5.41 Å². The molecular formula is C9H17NO4. The number of hydroxylamine groups is 1. The Morgan fingerprint density at radius 1 is 1.36 bits per heavy atom. The van der Waals surface area contributed by atoms with Gasteiger partial charge >= 0.3 is 5.97 Å². The van der Waals surface area contributed by atoms with Crippen LogP contribution in [0.25, 0.3) is 0 Å². The summed E-state index contributed by atoms with van der Waals surface area (Å²) in [6, 6.07) is 0. The number of aliphatic carboxylic acids is 1. The molecular weight excluding hydrogens is 186 g/mol. The maximum absolute atomic E-state index is 11.2. The third-order valence-corrected chi connectivity index (χ3v) is 2.52. The molecule has 5 nitrogen and oxygen atoms in total. The van der Waals surface area contributed by atoms with E-state index >= 15 is 0 Å². The van der Waals surface area contributed by atoms with Crippen LogP contribution in [0.5, 0.6) is 0 Å². The summed E-state index contributed by atoms with van der Waals surface area (Å²) in [4.78, 5) is 26.6. The summed E-state index contributed by atoms with van der Waals surface area (Å²) in [6.07, 6.45) is 0.801. The minimum atomic E-state index is -0.970. The molecule has 0 saturated carbocycles. The summed E-state index contributed by atoms with van der Waals surface area (Å²) in [7, 11) is 1.32. The number of carboxylic acids is 1. The van der Waals surface area contributed by atoms with E-state index in [9.17, 15) is 9.59 Å². The summed E-state index contributed by atoms with van der Waals surface area (Å²) in [5.41, 5.74) is 1.15. The zero-order chi connectivity index (χ0) is 11.2. The Kier molecular flexibility index (Phi) is 5.15. The van der Waals surface area contributed by atoms with Crippen molar-refractivity contribution in [3.05, 3.63) is 0 Å². The van der Waals surface area contributed by atoms with E-state index in [2.05, 4.69) is 10.3 Å². The van der Waals surface area contributed by atoms with Crippen LogP contribution in [-0.2, 0) is 14.4 Å². The Bertz CT molecular complexity index is 211. The molecule has 0 fully saturated rings. The molecule has 82 valence electrons. The third kappa shape index (κ3) is 2.99. The topological polar surface area (TPSA) is 75.6 Å². The molecule has 0 radical (unpaired) electrons. The van der Waals surface area contributed by atoms with Crippen molar-refractivity contribution in [3.63, 3.8) is 0 Å². The lowest BCUT2D eigenvalue weighted by Crippen LogP contribution is -2.36. The molecule has 0 aromatic carbocycles. The monoisotopic (exact) mass is 203 g/mol. The van der Waals surface area contributed by atoms with Gasteiger partial charge in [-0.2, -0.15) is 0 Å². The average Bonchev–Trinajstić information content (AvgIpc) is 2.14. The maximum Gasteiger partial charge on any atom is 0.310 e. The SMILES string of the molecule is CCC(CC)(CC(=O)NOC)C(=O)O. The first-order valence-corrected chi connectivity index (χ1v) is 4.57. The Morgan fingerprint density at radius 2 is 1.86 bits per heavy atom. The lowest BCUT2D eigenvalue weighted by Gasteiger charge is -2.25. The van der Waals surface area contributed by atoms with Gasteiger partial charge in [-0.05, 0) is 12.8 Å². The first kappa shape index (κ1) is 12.9. The first-order chi connectivity index (χ1) is 6.52. The molecule has 2 N–H and O–H groups in total. The number of rotatable bonds is 6. The van der Waals surface area contributed by atoms with Crippen LogP contribution in [0.3, 0.4) is 0 Å². The van der Waals surface area contributed by atoms with E-state index in [4.69, 9.17) is 5.11 Å². The van der Waals surface area contributed by atoms with Gasteiger partial charge in [0.1, 0.15) is 0 Å². The van der Waals surface area contributed by atoms with Gasteiger partial charge in [-0.3, -0.25) is 14.4 Å². The molecule has 0 aromatic rings. The van der Waals surface area contributed by atoms with Crippen LogP contribution in [0.4, 0.5) is 0 Å². The lowest BCUT2D eigenvalue weighted by molar-refractivity contribution is -0.154. The van der Waals surface area contributed by atoms with Crippen LogP contribution < -0.4 is 5.48 Å². The summed E-state index contributed by atoms with van der Waals surface area (Å²) >= 11 is 0. The van der Waals surface area contributed by atoms with Crippen molar-refractivity contribution >= 4 is 11.9 Å². The summed E-state index contributed by atoms with van der Waals surface area (Å²) < 4.78 is 0. The van der Waals surface area contributed by atoms with Crippen molar-refractivity contribution in [1.82, 2.24) is 5.48 Å². The number of carboxylic acid groups (broad SMARTS) is 1. The quantitative estimate of drug-likeness (QED) is 0.630. The third-order valence-electron chi connectivity index (χ3n) is 2.52. The predicted molar refractivity (Wildman–Crippen MR) is 50.4 cm³/mol. The molecule has 14 heavy (non-hydrogen) atoms. The van der Waals surface area contributed by atoms with Crippen LogP contribution in [0.2, 0.25) is 0 Å². The average molecular weight is 203 g/mol. The molecule has 0 aliphatic heterocycles. The molecule has 0 spiro atoms. The molecule has 0 heterocycles. The Morgan fingerprint density at radius 3 is 2.14 bits per heavy atom. The zero-order valence-corrected chi connectivity index (χ0v) is 8.79. The molecule has 5 heteroatoms. The van der Waals surface area contributed by atoms with E-state index in [-0.39, 0.29) is 6.42 Å². The Balaban J connectivity index is 4.51. The van der Waals surface area contributed by atoms with Gasteiger partial charge in [-0.15, -0.1) is 0 Å². The van der Waals surface area contributed by atoms with Crippen LogP contribution in [0.15, 0.2) is 0 Å². The van der Waals surface area contributed by atoms with Gasteiger partial charge in [0.2, 0.25) is 5.91 Å². The van der Waals surface area contributed by atoms with E-state index in [0.717, 1.165) is 0 Å². The summed E-state index contributed by atoms with van der Waals surface area (Å²) in [6.45, 7) is 3.52. The highest BCUT2D eigenvalue weighted by Crippen LogP contribution is 2.30. The smallest absolute Gasteiger partial charge is 0.310 e. The second-order valence-corrected chi connectivity index (χ2v) is 3.20. The molecule has 0 aromatic heterocycles. The van der Waals surface area contributed by atoms with Gasteiger partial charge in [0.25, 0.3) is 0 Å². The van der Waals surface area contributed by atoms with Crippen LogP contribution >= 0.6 is 0 Å². The van der Waals surface area contributed by atoms with Crippen molar-refractivity contribution in [1.29, 1.82) is 0 Å². The highest BCUT2D eigenvalue weighted by Gasteiger charge is 2.37. The number of carbonyl (C=O) groups is 2. The lowest BCUT2D eigenvalue weighted by atomic mass is 9.79. The second-order valence-electron chi connectivity index (χ2n) is 3.20. The van der Waals surface area contributed by atoms with E-state index in [1.807, 2.05) is 0 Å². The van der Waals surface area contributed by atoms with E-state index in [0.29, 0.717) is 12.8 Å². The number of carbonyl (C=O) groups excluding carboxylic acids is 1. The van der Waals surface area contributed by atoms with Gasteiger partial charge < -0.3 is 5.11 Å². The van der Waals surface area contributed by atoms with Crippen molar-refractivity contribution < 1.29 is 19.5 Å². The molecule has 0 aliphatic carbocycles. The summed E-state index contributed by atoms with van der Waals surface area (Å²) in [5, 5.41) is 9.02. The van der Waals surface area contributed by atoms with Crippen molar-refractivity contribution in [3.8, 4) is 0 Å². The van der Waals surface area contributed by atoms with Gasteiger partial charge in [0.15, 0.2) is 0 Å². The normalized spacial score (nSPS) is 11.1. The number of hydrogen-bond donors (Lipinski definition) is 2. The van der Waals surface area contributed by atoms with Gasteiger partial charge in [0.05, 0.1) is 12.5 Å². The standard InChI is InChI=1S/C9H17NO4/c1-4-9(5-2,8(12)13)6-7(11)10-14-3/h4-6H2,1-3H3,(H,10,11)(H,12,13).